The summed E-state index contributed by atoms with van der Waals surface area (Å²) in [5.74, 6) is 7.92. The van der Waals surface area contributed by atoms with Crippen LogP contribution in [0.5, 0.6) is 11.5 Å². The summed E-state index contributed by atoms with van der Waals surface area (Å²) in [4.78, 5) is 0. The third kappa shape index (κ3) is 3.51. The lowest BCUT2D eigenvalue weighted by Gasteiger charge is -2.12. The van der Waals surface area contributed by atoms with Crippen LogP contribution < -0.4 is 9.47 Å². The molecule has 0 fully saturated rings. The highest BCUT2D eigenvalue weighted by Gasteiger charge is 2.22. The van der Waals surface area contributed by atoms with Crippen molar-refractivity contribution < 1.29 is 9.47 Å². The molecule has 2 nitrogen and oxygen atoms in total. The highest BCUT2D eigenvalue weighted by atomic mass is 35.5. The number of para-hydroxylation sites is 1. The molecule has 0 bridgehead atoms. The third-order valence-corrected chi connectivity index (χ3v) is 3.42. The molecule has 3 heteroatoms. The van der Waals surface area contributed by atoms with Crippen molar-refractivity contribution in [3.8, 4) is 23.3 Å². The van der Waals surface area contributed by atoms with Gasteiger partial charge in [-0.15, -0.1) is 11.6 Å². The Labute approximate surface area is 129 Å². The number of fused-ring (bicyclic) bond motifs is 1. The molecule has 0 amide bonds. The lowest BCUT2D eigenvalue weighted by molar-refractivity contribution is 0.148. The van der Waals surface area contributed by atoms with Crippen molar-refractivity contribution in [2.75, 3.05) is 12.5 Å². The minimum absolute atomic E-state index is 0.0694. The summed E-state index contributed by atoms with van der Waals surface area (Å²) in [6.45, 7) is 0.529. The predicted octanol–water partition coefficient (Wildman–Crippen LogP) is 3.66. The van der Waals surface area contributed by atoms with Crippen LogP contribution in [0.15, 0.2) is 48.5 Å². The zero-order valence-electron chi connectivity index (χ0n) is 11.5. The molecular formula is C18H15ClO2. The predicted molar refractivity (Wildman–Crippen MR) is 84.1 cm³/mol. The second kappa shape index (κ2) is 6.56. The fraction of sp³-hybridized carbons (Fsp3) is 0.222. The van der Waals surface area contributed by atoms with E-state index in [2.05, 4.69) is 17.9 Å². The number of halogens is 1. The van der Waals surface area contributed by atoms with Gasteiger partial charge in [0, 0.05) is 12.0 Å². The van der Waals surface area contributed by atoms with Gasteiger partial charge in [-0.2, -0.15) is 0 Å². The van der Waals surface area contributed by atoms with E-state index in [0.29, 0.717) is 12.5 Å². The zero-order valence-corrected chi connectivity index (χ0v) is 12.3. The Kier molecular flexibility index (Phi) is 4.33. The van der Waals surface area contributed by atoms with E-state index in [9.17, 15) is 0 Å². The van der Waals surface area contributed by atoms with Crippen molar-refractivity contribution in [3.63, 3.8) is 0 Å². The first-order valence-corrected chi connectivity index (χ1v) is 7.41. The Hall–Kier alpha value is -2.11. The Morgan fingerprint density at radius 2 is 2.10 bits per heavy atom. The van der Waals surface area contributed by atoms with Crippen LogP contribution in [0.1, 0.15) is 11.1 Å². The van der Waals surface area contributed by atoms with Gasteiger partial charge in [0.2, 0.25) is 0 Å². The van der Waals surface area contributed by atoms with Gasteiger partial charge in [-0.3, -0.25) is 0 Å². The molecule has 2 aromatic rings. The zero-order chi connectivity index (χ0) is 14.5. The van der Waals surface area contributed by atoms with Crippen LogP contribution in [0.25, 0.3) is 0 Å². The lowest BCUT2D eigenvalue weighted by atomic mass is 10.1. The van der Waals surface area contributed by atoms with Crippen molar-refractivity contribution >= 4 is 11.6 Å². The second-order valence-corrected chi connectivity index (χ2v) is 5.09. The van der Waals surface area contributed by atoms with Crippen LogP contribution in [0.4, 0.5) is 0 Å². The molecule has 0 saturated carbocycles. The fourth-order valence-electron chi connectivity index (χ4n) is 2.34. The molecule has 0 N–H and O–H groups in total. The standard InChI is InChI=1S/C18H15ClO2/c19-10-4-6-14-5-3-8-16(11-14)20-13-17-12-15-7-1-2-9-18(15)21-17/h1-3,5,7-9,11,17H,10,12-13H2. The molecule has 1 aliphatic rings. The largest absolute Gasteiger partial charge is 0.490 e. The molecule has 0 radical (unpaired) electrons. The van der Waals surface area contributed by atoms with E-state index in [1.807, 2.05) is 42.5 Å². The first-order chi connectivity index (χ1) is 10.3. The van der Waals surface area contributed by atoms with E-state index in [-0.39, 0.29) is 6.10 Å². The number of hydrogen-bond donors (Lipinski definition) is 0. The van der Waals surface area contributed by atoms with Crippen LogP contribution in [-0.2, 0) is 6.42 Å². The van der Waals surface area contributed by atoms with Crippen molar-refractivity contribution in [1.82, 2.24) is 0 Å². The van der Waals surface area contributed by atoms with E-state index in [1.165, 1.54) is 5.56 Å². The average molecular weight is 299 g/mol. The van der Waals surface area contributed by atoms with Crippen LogP contribution in [0, 0.1) is 11.8 Å². The molecule has 0 spiro atoms. The summed E-state index contributed by atoms with van der Waals surface area (Å²) in [6.07, 6.45) is 0.960. The summed E-state index contributed by atoms with van der Waals surface area (Å²) in [5, 5.41) is 0. The number of rotatable bonds is 3. The van der Waals surface area contributed by atoms with Crippen LogP contribution in [-0.4, -0.2) is 18.6 Å². The molecule has 3 rings (SSSR count). The molecule has 1 heterocycles. The summed E-state index contributed by atoms with van der Waals surface area (Å²) < 4.78 is 11.7. The van der Waals surface area contributed by atoms with Gasteiger partial charge in [0.05, 0.1) is 5.88 Å². The molecule has 21 heavy (non-hydrogen) atoms. The topological polar surface area (TPSA) is 18.5 Å². The van der Waals surface area contributed by atoms with E-state index in [4.69, 9.17) is 21.1 Å². The maximum Gasteiger partial charge on any atom is 0.137 e. The first kappa shape index (κ1) is 13.9. The Morgan fingerprint density at radius 3 is 2.95 bits per heavy atom. The number of alkyl halides is 1. The SMILES string of the molecule is ClCC#Cc1cccc(OCC2Cc3ccccc3O2)c1. The van der Waals surface area contributed by atoms with E-state index in [1.54, 1.807) is 0 Å². The monoisotopic (exact) mass is 298 g/mol. The van der Waals surface area contributed by atoms with Crippen LogP contribution >= 0.6 is 11.6 Å². The van der Waals surface area contributed by atoms with Crippen molar-refractivity contribution in [3.05, 3.63) is 59.7 Å². The Bertz CT molecular complexity index is 660. The molecule has 0 aliphatic carbocycles. The maximum atomic E-state index is 5.85. The minimum atomic E-state index is 0.0694. The average Bonchev–Trinajstić information content (AvgIpc) is 2.94. The van der Waals surface area contributed by atoms with Gasteiger partial charge in [-0.1, -0.05) is 36.1 Å². The lowest BCUT2D eigenvalue weighted by Crippen LogP contribution is -2.22. The van der Waals surface area contributed by atoms with Crippen molar-refractivity contribution in [1.29, 1.82) is 0 Å². The first-order valence-electron chi connectivity index (χ1n) is 6.87. The molecule has 1 unspecified atom stereocenters. The van der Waals surface area contributed by atoms with Crippen LogP contribution in [0.3, 0.4) is 0 Å². The number of ether oxygens (including phenoxy) is 2. The summed E-state index contributed by atoms with van der Waals surface area (Å²) in [5.41, 5.74) is 2.15. The summed E-state index contributed by atoms with van der Waals surface area (Å²) in [6, 6.07) is 15.8. The highest BCUT2D eigenvalue weighted by molar-refractivity contribution is 6.19. The molecule has 0 aromatic heterocycles. The number of hydrogen-bond acceptors (Lipinski definition) is 2. The van der Waals surface area contributed by atoms with E-state index in [0.717, 1.165) is 23.5 Å². The smallest absolute Gasteiger partial charge is 0.137 e. The third-order valence-electron chi connectivity index (χ3n) is 3.28. The molecule has 1 atom stereocenters. The maximum absolute atomic E-state index is 5.85. The van der Waals surface area contributed by atoms with E-state index < -0.39 is 0 Å². The molecular weight excluding hydrogens is 284 g/mol. The Balaban J connectivity index is 1.59. The fourth-order valence-corrected chi connectivity index (χ4v) is 2.40. The van der Waals surface area contributed by atoms with Gasteiger partial charge in [-0.05, 0) is 29.8 Å². The summed E-state index contributed by atoms with van der Waals surface area (Å²) in [7, 11) is 0. The Morgan fingerprint density at radius 1 is 1.19 bits per heavy atom. The van der Waals surface area contributed by atoms with Gasteiger partial charge >= 0.3 is 0 Å². The van der Waals surface area contributed by atoms with Gasteiger partial charge < -0.3 is 9.47 Å². The normalized spacial score (nSPS) is 15.6. The highest BCUT2D eigenvalue weighted by Crippen LogP contribution is 2.28. The van der Waals surface area contributed by atoms with Crippen molar-refractivity contribution in [2.45, 2.75) is 12.5 Å². The number of benzene rings is 2. The molecule has 106 valence electrons. The van der Waals surface area contributed by atoms with Crippen LogP contribution in [0.2, 0.25) is 0 Å². The van der Waals surface area contributed by atoms with Gasteiger partial charge in [0.1, 0.15) is 24.2 Å². The second-order valence-electron chi connectivity index (χ2n) is 4.83. The van der Waals surface area contributed by atoms with Gasteiger partial charge in [-0.25, -0.2) is 0 Å². The van der Waals surface area contributed by atoms with Gasteiger partial charge in [0.25, 0.3) is 0 Å². The molecule has 1 aliphatic heterocycles. The molecule has 2 aromatic carbocycles. The van der Waals surface area contributed by atoms with Crippen molar-refractivity contribution in [2.24, 2.45) is 0 Å². The van der Waals surface area contributed by atoms with Gasteiger partial charge in [0.15, 0.2) is 0 Å². The summed E-state index contributed by atoms with van der Waals surface area (Å²) >= 11 is 5.56. The minimum Gasteiger partial charge on any atom is -0.490 e. The van der Waals surface area contributed by atoms with E-state index >= 15 is 0 Å². The quantitative estimate of drug-likeness (QED) is 0.636. The molecule has 0 saturated heterocycles.